The van der Waals surface area contributed by atoms with Crippen LogP contribution in [0.2, 0.25) is 0 Å². The fourth-order valence-electron chi connectivity index (χ4n) is 4.06. The molecule has 2 aromatic heterocycles. The molecular weight excluding hydrogens is 434 g/mol. The monoisotopic (exact) mass is 463 g/mol. The van der Waals surface area contributed by atoms with Crippen molar-refractivity contribution in [3.8, 4) is 5.75 Å². The van der Waals surface area contributed by atoms with E-state index < -0.39 is 0 Å². The van der Waals surface area contributed by atoms with Gasteiger partial charge in [0.25, 0.3) is 5.91 Å². The summed E-state index contributed by atoms with van der Waals surface area (Å²) in [5, 5.41) is 7.69. The van der Waals surface area contributed by atoms with Gasteiger partial charge in [0.05, 0.1) is 32.9 Å². The molecule has 0 bridgehead atoms. The number of fused-ring (bicyclic) bond motifs is 1. The van der Waals surface area contributed by atoms with Gasteiger partial charge in [-0.05, 0) is 29.8 Å². The maximum absolute atomic E-state index is 13.2. The number of amides is 1. The van der Waals surface area contributed by atoms with Crippen molar-refractivity contribution >= 4 is 11.9 Å². The molecule has 0 radical (unpaired) electrons. The van der Waals surface area contributed by atoms with E-state index in [0.717, 1.165) is 41.2 Å². The Bertz CT molecular complexity index is 1130. The summed E-state index contributed by atoms with van der Waals surface area (Å²) in [6, 6.07) is 13.3. The number of aromatic nitrogens is 3. The number of ether oxygens (including phenoxy) is 2. The zero-order valence-electron chi connectivity index (χ0n) is 19.5. The van der Waals surface area contributed by atoms with Gasteiger partial charge in [-0.1, -0.05) is 18.2 Å². The second-order valence-electron chi connectivity index (χ2n) is 8.14. The second-order valence-corrected chi connectivity index (χ2v) is 8.14. The molecule has 1 aliphatic heterocycles. The fraction of sp³-hybridized carbons (Fsp3) is 0.360. The van der Waals surface area contributed by atoms with Crippen LogP contribution in [-0.2, 0) is 35.6 Å². The Morgan fingerprint density at radius 1 is 1.12 bits per heavy atom. The number of methoxy groups -OCH3 is 2. The third kappa shape index (κ3) is 5.60. The quantitative estimate of drug-likeness (QED) is 0.486. The highest BCUT2D eigenvalue weighted by molar-refractivity contribution is 5.94. The van der Waals surface area contributed by atoms with E-state index in [-0.39, 0.29) is 11.9 Å². The molecular formula is C25H29N5O4. The average molecular weight is 464 g/mol. The number of rotatable bonds is 9. The van der Waals surface area contributed by atoms with Crippen LogP contribution in [0.25, 0.3) is 0 Å². The number of nitrogens with zero attached hydrogens (tertiary/aromatic N) is 4. The highest BCUT2D eigenvalue weighted by Crippen LogP contribution is 2.24. The molecule has 1 aromatic carbocycles. The van der Waals surface area contributed by atoms with Crippen LogP contribution in [0.5, 0.6) is 5.75 Å². The molecule has 0 saturated carbocycles. The Labute approximate surface area is 198 Å². The average Bonchev–Trinajstić information content (AvgIpc) is 3.24. The molecule has 34 heavy (non-hydrogen) atoms. The van der Waals surface area contributed by atoms with Crippen molar-refractivity contribution < 1.29 is 19.1 Å². The van der Waals surface area contributed by atoms with Crippen LogP contribution in [-0.4, -0.2) is 58.8 Å². The number of hydrogen-bond donors (Lipinski definition) is 1. The first-order chi connectivity index (χ1) is 16.6. The van der Waals surface area contributed by atoms with E-state index in [1.807, 2.05) is 47.1 Å². The molecule has 0 saturated heterocycles. The van der Waals surface area contributed by atoms with Crippen molar-refractivity contribution in [2.24, 2.45) is 0 Å². The predicted molar refractivity (Wildman–Crippen MR) is 125 cm³/mol. The minimum Gasteiger partial charge on any atom is -0.497 e. The smallest absolute Gasteiger partial charge is 0.306 e. The summed E-state index contributed by atoms with van der Waals surface area (Å²) in [7, 11) is 3.01. The summed E-state index contributed by atoms with van der Waals surface area (Å²) in [4.78, 5) is 31.3. The normalized spacial score (nSPS) is 13.2. The number of benzene rings is 1. The minimum absolute atomic E-state index is 0.221. The van der Waals surface area contributed by atoms with Gasteiger partial charge in [0.1, 0.15) is 5.75 Å². The molecule has 3 heterocycles. The molecule has 0 aliphatic carbocycles. The van der Waals surface area contributed by atoms with E-state index in [4.69, 9.17) is 14.6 Å². The zero-order chi connectivity index (χ0) is 23.9. The maximum atomic E-state index is 13.2. The Kier molecular flexibility index (Phi) is 7.54. The molecule has 0 fully saturated rings. The summed E-state index contributed by atoms with van der Waals surface area (Å²) in [5.41, 5.74) is 4.21. The van der Waals surface area contributed by atoms with Gasteiger partial charge in [-0.2, -0.15) is 5.10 Å². The van der Waals surface area contributed by atoms with Crippen molar-refractivity contribution in [3.63, 3.8) is 0 Å². The van der Waals surface area contributed by atoms with Crippen LogP contribution >= 0.6 is 0 Å². The molecule has 4 rings (SSSR count). The third-order valence-corrected chi connectivity index (χ3v) is 5.94. The van der Waals surface area contributed by atoms with E-state index in [0.29, 0.717) is 38.3 Å². The Morgan fingerprint density at radius 3 is 2.65 bits per heavy atom. The molecule has 1 aliphatic rings. The van der Waals surface area contributed by atoms with Gasteiger partial charge in [0.2, 0.25) is 0 Å². The number of nitrogens with one attached hydrogen (secondary N) is 1. The highest BCUT2D eigenvalue weighted by atomic mass is 16.5. The van der Waals surface area contributed by atoms with Gasteiger partial charge in [0, 0.05) is 50.1 Å². The molecule has 0 spiro atoms. The molecule has 1 amide bonds. The Hall–Kier alpha value is -3.72. The SMILES string of the molecule is COC(=O)CCN1CCc2c(c(C(=O)NCc3ccc(OC)cc3)nn2Cc2ccccn2)C1. The lowest BCUT2D eigenvalue weighted by Crippen LogP contribution is -2.34. The Balaban J connectivity index is 1.53. The first-order valence-electron chi connectivity index (χ1n) is 11.3. The van der Waals surface area contributed by atoms with E-state index in [9.17, 15) is 9.59 Å². The predicted octanol–water partition coefficient (Wildman–Crippen LogP) is 2.19. The van der Waals surface area contributed by atoms with E-state index >= 15 is 0 Å². The summed E-state index contributed by atoms with van der Waals surface area (Å²) in [6.45, 7) is 2.79. The van der Waals surface area contributed by atoms with Crippen molar-refractivity contribution in [1.29, 1.82) is 0 Å². The van der Waals surface area contributed by atoms with Gasteiger partial charge < -0.3 is 14.8 Å². The number of carbonyl (C=O) groups is 2. The molecule has 0 atom stereocenters. The van der Waals surface area contributed by atoms with Crippen LogP contribution in [0.4, 0.5) is 0 Å². The van der Waals surface area contributed by atoms with Crippen LogP contribution in [0, 0.1) is 0 Å². The van der Waals surface area contributed by atoms with Crippen LogP contribution in [0.1, 0.15) is 39.4 Å². The van der Waals surface area contributed by atoms with Gasteiger partial charge in [-0.25, -0.2) is 0 Å². The largest absolute Gasteiger partial charge is 0.497 e. The lowest BCUT2D eigenvalue weighted by atomic mass is 10.0. The molecule has 1 N–H and O–H groups in total. The zero-order valence-corrected chi connectivity index (χ0v) is 19.5. The molecule has 0 unspecified atom stereocenters. The van der Waals surface area contributed by atoms with Crippen LogP contribution in [0.15, 0.2) is 48.7 Å². The van der Waals surface area contributed by atoms with E-state index in [1.165, 1.54) is 7.11 Å². The summed E-state index contributed by atoms with van der Waals surface area (Å²) in [5.74, 6) is 0.306. The topological polar surface area (TPSA) is 98.6 Å². The number of pyridine rings is 1. The fourth-order valence-corrected chi connectivity index (χ4v) is 4.06. The lowest BCUT2D eigenvalue weighted by Gasteiger charge is -2.27. The standard InChI is InChI=1S/C25H29N5O4/c1-33-20-8-6-18(7-9-20)15-27-25(32)24-21-17-29(14-11-23(31)34-2)13-10-22(21)30(28-24)16-19-5-3-4-12-26-19/h3-9,12H,10-11,13-17H2,1-2H3,(H,27,32). The minimum atomic E-state index is -0.242. The lowest BCUT2D eigenvalue weighted by molar-refractivity contribution is -0.141. The van der Waals surface area contributed by atoms with E-state index in [1.54, 1.807) is 13.3 Å². The molecule has 9 nitrogen and oxygen atoms in total. The number of hydrogen-bond acceptors (Lipinski definition) is 7. The van der Waals surface area contributed by atoms with Crippen molar-refractivity contribution in [1.82, 2.24) is 25.0 Å². The summed E-state index contributed by atoms with van der Waals surface area (Å²) < 4.78 is 11.8. The van der Waals surface area contributed by atoms with Crippen molar-refractivity contribution in [2.75, 3.05) is 27.3 Å². The molecule has 9 heteroatoms. The molecule has 3 aromatic rings. The summed E-state index contributed by atoms with van der Waals surface area (Å²) >= 11 is 0. The highest BCUT2D eigenvalue weighted by Gasteiger charge is 2.28. The van der Waals surface area contributed by atoms with Crippen molar-refractivity contribution in [3.05, 3.63) is 76.9 Å². The van der Waals surface area contributed by atoms with Crippen LogP contribution < -0.4 is 10.1 Å². The second kappa shape index (κ2) is 10.9. The van der Waals surface area contributed by atoms with Gasteiger partial charge in [0.15, 0.2) is 5.69 Å². The van der Waals surface area contributed by atoms with E-state index in [2.05, 4.69) is 15.2 Å². The number of esters is 1. The first-order valence-corrected chi connectivity index (χ1v) is 11.3. The third-order valence-electron chi connectivity index (χ3n) is 5.94. The molecule has 178 valence electrons. The Morgan fingerprint density at radius 2 is 1.94 bits per heavy atom. The summed E-state index contributed by atoms with van der Waals surface area (Å²) in [6.07, 6.45) is 2.80. The first kappa shape index (κ1) is 23.4. The van der Waals surface area contributed by atoms with Crippen LogP contribution in [0.3, 0.4) is 0 Å². The number of carbonyl (C=O) groups excluding carboxylic acids is 2. The maximum Gasteiger partial charge on any atom is 0.306 e. The van der Waals surface area contributed by atoms with Gasteiger partial charge in [-0.3, -0.25) is 24.2 Å². The van der Waals surface area contributed by atoms with Gasteiger partial charge in [-0.15, -0.1) is 0 Å². The van der Waals surface area contributed by atoms with Crippen molar-refractivity contribution in [2.45, 2.75) is 32.5 Å². The van der Waals surface area contributed by atoms with Gasteiger partial charge >= 0.3 is 5.97 Å².